The number of ether oxygens (including phenoxy) is 1. The van der Waals surface area contributed by atoms with Crippen molar-refractivity contribution in [1.82, 2.24) is 4.90 Å². The fourth-order valence-electron chi connectivity index (χ4n) is 2.23. The van der Waals surface area contributed by atoms with Gasteiger partial charge in [0.2, 0.25) is 5.91 Å². The van der Waals surface area contributed by atoms with Crippen molar-refractivity contribution in [3.63, 3.8) is 0 Å². The summed E-state index contributed by atoms with van der Waals surface area (Å²) in [6, 6.07) is 9.36. The molecule has 1 aromatic rings. The van der Waals surface area contributed by atoms with Crippen molar-refractivity contribution in [2.45, 2.75) is 19.4 Å². The van der Waals surface area contributed by atoms with Gasteiger partial charge in [0.1, 0.15) is 0 Å². The highest BCUT2D eigenvalue weighted by molar-refractivity contribution is 5.90. The predicted molar refractivity (Wildman–Crippen MR) is 76.3 cm³/mol. The maximum Gasteiger partial charge on any atom is 0.225 e. The lowest BCUT2D eigenvalue weighted by Crippen LogP contribution is -2.44. The topological polar surface area (TPSA) is 65.4 Å². The highest BCUT2D eigenvalue weighted by atomic mass is 16.5. The molecule has 1 aliphatic heterocycles. The minimum atomic E-state index is -0.0289. The Morgan fingerprint density at radius 3 is 3.20 bits per heavy atom. The zero-order chi connectivity index (χ0) is 14.4. The second-order valence-corrected chi connectivity index (χ2v) is 4.95. The van der Waals surface area contributed by atoms with Crippen LogP contribution in [-0.4, -0.2) is 43.2 Å². The minimum Gasteiger partial charge on any atom is -0.379 e. The molecule has 106 valence electrons. The van der Waals surface area contributed by atoms with Gasteiger partial charge in [0, 0.05) is 31.2 Å². The van der Waals surface area contributed by atoms with Crippen LogP contribution in [0.15, 0.2) is 24.3 Å². The summed E-state index contributed by atoms with van der Waals surface area (Å²) in [5.74, 6) is -0.0289. The molecule has 0 aromatic heterocycles. The lowest BCUT2D eigenvalue weighted by molar-refractivity contribution is -0.117. The molecule has 1 aromatic carbocycles. The summed E-state index contributed by atoms with van der Waals surface area (Å²) in [6.07, 6.45) is 0.446. The molecule has 20 heavy (non-hydrogen) atoms. The molecule has 5 heteroatoms. The minimum absolute atomic E-state index is 0.0289. The number of carbonyl (C=O) groups is 1. The molecule has 0 spiro atoms. The van der Waals surface area contributed by atoms with E-state index in [-0.39, 0.29) is 5.91 Å². The Kier molecular flexibility index (Phi) is 5.10. The standard InChI is InChI=1S/C15H19N3O2/c1-12-11-20-8-7-18(12)6-5-15(19)17-14-4-2-3-13(9-14)10-16/h2-4,9,12H,5-8,11H2,1H3,(H,17,19). The number of morpholine rings is 1. The Morgan fingerprint density at radius 2 is 2.45 bits per heavy atom. The van der Waals surface area contributed by atoms with Gasteiger partial charge >= 0.3 is 0 Å². The van der Waals surface area contributed by atoms with E-state index in [1.54, 1.807) is 24.3 Å². The molecule has 0 radical (unpaired) electrons. The van der Waals surface area contributed by atoms with Gasteiger partial charge in [0.15, 0.2) is 0 Å². The summed E-state index contributed by atoms with van der Waals surface area (Å²) in [6.45, 7) is 5.17. The van der Waals surface area contributed by atoms with Gasteiger partial charge in [-0.25, -0.2) is 0 Å². The molecule has 0 bridgehead atoms. The maximum atomic E-state index is 11.9. The molecule has 1 amide bonds. The Bertz CT molecular complexity index is 510. The second-order valence-electron chi connectivity index (χ2n) is 4.95. The van der Waals surface area contributed by atoms with Gasteiger partial charge in [-0.1, -0.05) is 6.07 Å². The number of hydrogen-bond acceptors (Lipinski definition) is 4. The molecule has 5 nitrogen and oxygen atoms in total. The highest BCUT2D eigenvalue weighted by Crippen LogP contribution is 2.11. The summed E-state index contributed by atoms with van der Waals surface area (Å²) in [5, 5.41) is 11.6. The Morgan fingerprint density at radius 1 is 1.60 bits per heavy atom. The molecule has 1 aliphatic rings. The predicted octanol–water partition coefficient (Wildman–Crippen LogP) is 1.61. The summed E-state index contributed by atoms with van der Waals surface area (Å²) in [4.78, 5) is 14.2. The molecule has 1 heterocycles. The average Bonchev–Trinajstić information content (AvgIpc) is 2.46. The van der Waals surface area contributed by atoms with E-state index in [9.17, 15) is 4.79 Å². The molecule has 2 rings (SSSR count). The Labute approximate surface area is 119 Å². The van der Waals surface area contributed by atoms with E-state index >= 15 is 0 Å². The zero-order valence-corrected chi connectivity index (χ0v) is 11.6. The third-order valence-corrected chi connectivity index (χ3v) is 3.41. The number of nitrogens with one attached hydrogen (secondary N) is 1. The fourth-order valence-corrected chi connectivity index (χ4v) is 2.23. The molecule has 1 atom stereocenters. The molecular formula is C15H19N3O2. The Hall–Kier alpha value is -1.90. The summed E-state index contributed by atoms with van der Waals surface area (Å²) in [5.41, 5.74) is 1.22. The van der Waals surface area contributed by atoms with Gasteiger partial charge in [-0.15, -0.1) is 0 Å². The third kappa shape index (κ3) is 4.05. The smallest absolute Gasteiger partial charge is 0.225 e. The summed E-state index contributed by atoms with van der Waals surface area (Å²) >= 11 is 0. The Balaban J connectivity index is 1.81. The molecule has 1 unspecified atom stereocenters. The van der Waals surface area contributed by atoms with Crippen LogP contribution in [0.1, 0.15) is 18.9 Å². The van der Waals surface area contributed by atoms with Crippen molar-refractivity contribution >= 4 is 11.6 Å². The van der Waals surface area contributed by atoms with Crippen molar-refractivity contribution in [2.24, 2.45) is 0 Å². The van der Waals surface area contributed by atoms with Gasteiger partial charge in [-0.3, -0.25) is 9.69 Å². The van der Waals surface area contributed by atoms with Crippen molar-refractivity contribution in [3.05, 3.63) is 29.8 Å². The van der Waals surface area contributed by atoms with Crippen LogP contribution in [0.25, 0.3) is 0 Å². The maximum absolute atomic E-state index is 11.9. The van der Waals surface area contributed by atoms with Crippen molar-refractivity contribution in [3.8, 4) is 6.07 Å². The number of carbonyl (C=O) groups excluding carboxylic acids is 1. The summed E-state index contributed by atoms with van der Waals surface area (Å²) < 4.78 is 5.37. The number of nitriles is 1. The van der Waals surface area contributed by atoms with Crippen LogP contribution in [0.5, 0.6) is 0 Å². The number of rotatable bonds is 4. The van der Waals surface area contributed by atoms with E-state index < -0.39 is 0 Å². The third-order valence-electron chi connectivity index (χ3n) is 3.41. The number of benzene rings is 1. The fraction of sp³-hybridized carbons (Fsp3) is 0.467. The number of hydrogen-bond donors (Lipinski definition) is 1. The van der Waals surface area contributed by atoms with E-state index in [1.807, 2.05) is 0 Å². The number of amides is 1. The van der Waals surface area contributed by atoms with Crippen molar-refractivity contribution in [1.29, 1.82) is 5.26 Å². The number of anilines is 1. The first-order valence-corrected chi connectivity index (χ1v) is 6.81. The van der Waals surface area contributed by atoms with Gasteiger partial charge in [-0.2, -0.15) is 5.26 Å². The van der Waals surface area contributed by atoms with E-state index in [0.717, 1.165) is 26.3 Å². The molecule has 1 fully saturated rings. The average molecular weight is 273 g/mol. The summed E-state index contributed by atoms with van der Waals surface area (Å²) in [7, 11) is 0. The van der Waals surface area contributed by atoms with Gasteiger partial charge in [-0.05, 0) is 25.1 Å². The first-order chi connectivity index (χ1) is 9.69. The number of nitrogens with zero attached hydrogens (tertiary/aromatic N) is 2. The molecule has 0 saturated carbocycles. The molecule has 0 aliphatic carbocycles. The van der Waals surface area contributed by atoms with E-state index in [2.05, 4.69) is 23.2 Å². The van der Waals surface area contributed by atoms with Gasteiger partial charge < -0.3 is 10.1 Å². The molecular weight excluding hydrogens is 254 g/mol. The second kappa shape index (κ2) is 7.04. The van der Waals surface area contributed by atoms with Crippen LogP contribution in [0.3, 0.4) is 0 Å². The van der Waals surface area contributed by atoms with Crippen LogP contribution in [0.4, 0.5) is 5.69 Å². The zero-order valence-electron chi connectivity index (χ0n) is 11.6. The van der Waals surface area contributed by atoms with Crippen LogP contribution in [-0.2, 0) is 9.53 Å². The largest absolute Gasteiger partial charge is 0.379 e. The van der Waals surface area contributed by atoms with Gasteiger partial charge in [0.05, 0.1) is 24.8 Å². The van der Waals surface area contributed by atoms with Crippen LogP contribution < -0.4 is 5.32 Å². The highest BCUT2D eigenvalue weighted by Gasteiger charge is 2.19. The first kappa shape index (κ1) is 14.5. The lowest BCUT2D eigenvalue weighted by Gasteiger charge is -2.32. The lowest BCUT2D eigenvalue weighted by atomic mass is 10.2. The quantitative estimate of drug-likeness (QED) is 0.905. The van der Waals surface area contributed by atoms with E-state index in [0.29, 0.717) is 23.7 Å². The van der Waals surface area contributed by atoms with Crippen LogP contribution in [0, 0.1) is 11.3 Å². The van der Waals surface area contributed by atoms with Crippen molar-refractivity contribution < 1.29 is 9.53 Å². The molecule has 1 saturated heterocycles. The SMILES string of the molecule is CC1COCCN1CCC(=O)Nc1cccc(C#N)c1. The normalized spacial score (nSPS) is 19.3. The van der Waals surface area contributed by atoms with E-state index in [1.165, 1.54) is 0 Å². The van der Waals surface area contributed by atoms with Crippen molar-refractivity contribution in [2.75, 3.05) is 31.6 Å². The van der Waals surface area contributed by atoms with Crippen LogP contribution >= 0.6 is 0 Å². The first-order valence-electron chi connectivity index (χ1n) is 6.81. The van der Waals surface area contributed by atoms with Crippen LogP contribution in [0.2, 0.25) is 0 Å². The molecule has 1 N–H and O–H groups in total. The van der Waals surface area contributed by atoms with E-state index in [4.69, 9.17) is 10.00 Å². The van der Waals surface area contributed by atoms with Gasteiger partial charge in [0.25, 0.3) is 0 Å². The monoisotopic (exact) mass is 273 g/mol.